The van der Waals surface area contributed by atoms with Crippen molar-refractivity contribution in [1.29, 1.82) is 0 Å². The Morgan fingerprint density at radius 2 is 2.00 bits per heavy atom. The van der Waals surface area contributed by atoms with E-state index < -0.39 is 0 Å². The molecule has 1 saturated heterocycles. The van der Waals surface area contributed by atoms with Crippen molar-refractivity contribution in [3.8, 4) is 11.5 Å². The summed E-state index contributed by atoms with van der Waals surface area (Å²) in [6.45, 7) is 4.44. The largest absolute Gasteiger partial charge is 0.486 e. The molecule has 0 aromatic heterocycles. The summed E-state index contributed by atoms with van der Waals surface area (Å²) in [7, 11) is 0. The number of carbonyl (C=O) groups is 1. The summed E-state index contributed by atoms with van der Waals surface area (Å²) in [6, 6.07) is 3.69. The molecule has 0 radical (unpaired) electrons. The topological polar surface area (TPSA) is 64.8 Å². The van der Waals surface area contributed by atoms with Gasteiger partial charge < -0.3 is 20.1 Å². The Hall–Kier alpha value is -1.91. The summed E-state index contributed by atoms with van der Waals surface area (Å²) in [5.41, 5.74) is 7.65. The van der Waals surface area contributed by atoms with Crippen molar-refractivity contribution in [1.82, 2.24) is 4.90 Å². The molecule has 2 aliphatic rings. The molecule has 1 amide bonds. The van der Waals surface area contributed by atoms with Gasteiger partial charge in [0.25, 0.3) is 0 Å². The molecule has 5 nitrogen and oxygen atoms in total. The van der Waals surface area contributed by atoms with Crippen molar-refractivity contribution in [2.75, 3.05) is 25.5 Å². The maximum Gasteiger partial charge on any atom is 0.225 e. The molecule has 0 saturated carbocycles. The second kappa shape index (κ2) is 5.23. The third kappa shape index (κ3) is 2.40. The van der Waals surface area contributed by atoms with Crippen LogP contribution in [0.25, 0.3) is 0 Å². The average molecular weight is 276 g/mol. The van der Waals surface area contributed by atoms with Crippen LogP contribution in [0.15, 0.2) is 12.1 Å². The number of fused-ring (bicyclic) bond motifs is 1. The Morgan fingerprint density at radius 3 is 2.75 bits per heavy atom. The summed E-state index contributed by atoms with van der Waals surface area (Å²) in [5.74, 6) is 1.74. The molecule has 1 fully saturated rings. The number of likely N-dealkylation sites (tertiary alicyclic amines) is 1. The van der Waals surface area contributed by atoms with Crippen molar-refractivity contribution in [3.63, 3.8) is 0 Å². The third-order valence-electron chi connectivity index (χ3n) is 3.96. The van der Waals surface area contributed by atoms with E-state index >= 15 is 0 Å². The molecule has 0 bridgehead atoms. The molecule has 3 rings (SSSR count). The van der Waals surface area contributed by atoms with Gasteiger partial charge in [-0.25, -0.2) is 0 Å². The van der Waals surface area contributed by atoms with Gasteiger partial charge in [0.2, 0.25) is 5.91 Å². The van der Waals surface area contributed by atoms with E-state index in [1.807, 2.05) is 17.9 Å². The molecule has 20 heavy (non-hydrogen) atoms. The Balaban J connectivity index is 1.81. The highest BCUT2D eigenvalue weighted by Gasteiger charge is 2.26. The minimum atomic E-state index is 0.113. The summed E-state index contributed by atoms with van der Waals surface area (Å²) in [6.07, 6.45) is 2.03. The van der Waals surface area contributed by atoms with Crippen LogP contribution in [-0.4, -0.2) is 30.6 Å². The van der Waals surface area contributed by atoms with Gasteiger partial charge in [-0.3, -0.25) is 4.79 Å². The number of hydrogen-bond donors (Lipinski definition) is 1. The standard InChI is InChI=1S/C15H20N2O3/c1-10-3-2-4-17(15(10)18)9-11-7-13-14(8-12(11)16)20-6-5-19-13/h7-8,10H,2-6,9,16H2,1H3. The number of benzene rings is 1. The zero-order valence-corrected chi connectivity index (χ0v) is 11.7. The van der Waals surface area contributed by atoms with E-state index in [2.05, 4.69) is 0 Å². The fraction of sp³-hybridized carbons (Fsp3) is 0.533. The first-order valence-electron chi connectivity index (χ1n) is 7.12. The second-order valence-corrected chi connectivity index (χ2v) is 5.50. The van der Waals surface area contributed by atoms with Crippen molar-refractivity contribution >= 4 is 11.6 Å². The predicted molar refractivity (Wildman–Crippen MR) is 75.7 cm³/mol. The smallest absolute Gasteiger partial charge is 0.225 e. The lowest BCUT2D eigenvalue weighted by Crippen LogP contribution is -2.39. The number of anilines is 1. The van der Waals surface area contributed by atoms with Crippen LogP contribution < -0.4 is 15.2 Å². The molecule has 1 aromatic rings. The first-order chi connectivity index (χ1) is 9.65. The predicted octanol–water partition coefficient (Wildman–Crippen LogP) is 1.80. The maximum atomic E-state index is 12.2. The summed E-state index contributed by atoms with van der Waals surface area (Å²) < 4.78 is 11.1. The van der Waals surface area contributed by atoms with Gasteiger partial charge >= 0.3 is 0 Å². The van der Waals surface area contributed by atoms with Crippen LogP contribution in [0.1, 0.15) is 25.3 Å². The molecule has 1 aromatic carbocycles. The molecule has 0 spiro atoms. The summed E-state index contributed by atoms with van der Waals surface area (Å²) in [4.78, 5) is 14.0. The normalized spacial score (nSPS) is 21.9. The van der Waals surface area contributed by atoms with Crippen LogP contribution in [-0.2, 0) is 11.3 Å². The number of nitrogens with two attached hydrogens (primary N) is 1. The number of piperidine rings is 1. The Labute approximate surface area is 118 Å². The molecule has 2 N–H and O–H groups in total. The Kier molecular flexibility index (Phi) is 3.42. The van der Waals surface area contributed by atoms with Gasteiger partial charge in [-0.15, -0.1) is 0 Å². The lowest BCUT2D eigenvalue weighted by Gasteiger charge is -2.31. The van der Waals surface area contributed by atoms with Crippen LogP contribution in [0.2, 0.25) is 0 Å². The van der Waals surface area contributed by atoms with Gasteiger partial charge in [0.1, 0.15) is 13.2 Å². The van der Waals surface area contributed by atoms with E-state index in [0.717, 1.165) is 30.7 Å². The number of hydrogen-bond acceptors (Lipinski definition) is 4. The van der Waals surface area contributed by atoms with Crippen LogP contribution >= 0.6 is 0 Å². The van der Waals surface area contributed by atoms with E-state index in [4.69, 9.17) is 15.2 Å². The third-order valence-corrected chi connectivity index (χ3v) is 3.96. The van der Waals surface area contributed by atoms with Crippen molar-refractivity contribution in [2.45, 2.75) is 26.3 Å². The van der Waals surface area contributed by atoms with Gasteiger partial charge in [0.15, 0.2) is 11.5 Å². The highest BCUT2D eigenvalue weighted by molar-refractivity contribution is 5.79. The molecule has 2 heterocycles. The fourth-order valence-corrected chi connectivity index (χ4v) is 2.78. The zero-order chi connectivity index (χ0) is 14.1. The van der Waals surface area contributed by atoms with Crippen LogP contribution in [0.5, 0.6) is 11.5 Å². The lowest BCUT2D eigenvalue weighted by atomic mass is 9.98. The Morgan fingerprint density at radius 1 is 1.30 bits per heavy atom. The van der Waals surface area contributed by atoms with Gasteiger partial charge in [-0.05, 0) is 24.5 Å². The molecular weight excluding hydrogens is 256 g/mol. The minimum absolute atomic E-state index is 0.113. The van der Waals surface area contributed by atoms with E-state index in [0.29, 0.717) is 31.2 Å². The van der Waals surface area contributed by atoms with Crippen molar-refractivity contribution in [2.24, 2.45) is 5.92 Å². The van der Waals surface area contributed by atoms with E-state index in [9.17, 15) is 4.79 Å². The molecule has 5 heteroatoms. The van der Waals surface area contributed by atoms with Crippen LogP contribution in [0.3, 0.4) is 0 Å². The molecular formula is C15H20N2O3. The van der Waals surface area contributed by atoms with E-state index in [1.54, 1.807) is 6.07 Å². The number of ether oxygens (including phenoxy) is 2. The molecule has 1 atom stereocenters. The van der Waals surface area contributed by atoms with Crippen molar-refractivity contribution in [3.05, 3.63) is 17.7 Å². The SMILES string of the molecule is CC1CCCN(Cc2cc3c(cc2N)OCCO3)C1=O. The second-order valence-electron chi connectivity index (χ2n) is 5.50. The maximum absolute atomic E-state index is 12.2. The Bertz CT molecular complexity index is 530. The number of carbonyl (C=O) groups excluding carboxylic acids is 1. The van der Waals surface area contributed by atoms with Gasteiger partial charge in [-0.2, -0.15) is 0 Å². The first kappa shape index (κ1) is 13.1. The number of amides is 1. The first-order valence-corrected chi connectivity index (χ1v) is 7.12. The fourth-order valence-electron chi connectivity index (χ4n) is 2.78. The number of nitrogen functional groups attached to an aromatic ring is 1. The van der Waals surface area contributed by atoms with Gasteiger partial charge in [-0.1, -0.05) is 6.92 Å². The highest BCUT2D eigenvalue weighted by atomic mass is 16.6. The summed E-state index contributed by atoms with van der Waals surface area (Å²) >= 11 is 0. The molecule has 2 aliphatic heterocycles. The van der Waals surface area contributed by atoms with Gasteiger partial charge in [0, 0.05) is 30.8 Å². The van der Waals surface area contributed by atoms with E-state index in [1.165, 1.54) is 0 Å². The quantitative estimate of drug-likeness (QED) is 0.837. The molecule has 0 aliphatic carbocycles. The molecule has 1 unspecified atom stereocenters. The highest BCUT2D eigenvalue weighted by Crippen LogP contribution is 2.35. The number of rotatable bonds is 2. The average Bonchev–Trinajstić information content (AvgIpc) is 2.44. The lowest BCUT2D eigenvalue weighted by molar-refractivity contribution is -0.138. The zero-order valence-electron chi connectivity index (χ0n) is 11.7. The summed E-state index contributed by atoms with van der Waals surface area (Å²) in [5, 5.41) is 0. The van der Waals surface area contributed by atoms with E-state index in [-0.39, 0.29) is 11.8 Å². The molecule has 108 valence electrons. The van der Waals surface area contributed by atoms with Crippen molar-refractivity contribution < 1.29 is 14.3 Å². The van der Waals surface area contributed by atoms with Crippen LogP contribution in [0.4, 0.5) is 5.69 Å². The van der Waals surface area contributed by atoms with Crippen LogP contribution in [0, 0.1) is 5.92 Å². The number of nitrogens with zero attached hydrogens (tertiary/aromatic N) is 1. The van der Waals surface area contributed by atoms with Gasteiger partial charge in [0.05, 0.1) is 0 Å². The monoisotopic (exact) mass is 276 g/mol. The minimum Gasteiger partial charge on any atom is -0.486 e.